The molecule has 1 amide bonds. The molecule has 2 unspecified atom stereocenters. The minimum atomic E-state index is -0.325. The van der Waals surface area contributed by atoms with Crippen LogP contribution in [0.5, 0.6) is 0 Å². The highest BCUT2D eigenvalue weighted by Gasteiger charge is 2.26. The molecule has 1 fully saturated rings. The van der Waals surface area contributed by atoms with Gasteiger partial charge in [-0.2, -0.15) is 0 Å². The monoisotopic (exact) mass is 291 g/mol. The zero-order valence-electron chi connectivity index (χ0n) is 12.1. The van der Waals surface area contributed by atoms with Crippen LogP contribution in [0.1, 0.15) is 19.5 Å². The maximum Gasteiger partial charge on any atom is 0.228 e. The maximum atomic E-state index is 13.1. The lowest BCUT2D eigenvalue weighted by Crippen LogP contribution is -2.48. The van der Waals surface area contributed by atoms with E-state index in [0.717, 1.165) is 0 Å². The minimum absolute atomic E-state index is 0.0286. The Hall–Kier alpha value is -1.95. The molecule has 2 aromatic heterocycles. The van der Waals surface area contributed by atoms with Crippen molar-refractivity contribution < 1.29 is 13.9 Å². The van der Waals surface area contributed by atoms with E-state index in [2.05, 4.69) is 4.98 Å². The quantitative estimate of drug-likeness (QED) is 0.845. The van der Waals surface area contributed by atoms with E-state index in [0.29, 0.717) is 24.4 Å². The molecule has 0 saturated carbocycles. The number of aromatic nitrogens is 2. The van der Waals surface area contributed by atoms with Crippen molar-refractivity contribution in [1.29, 1.82) is 0 Å². The molecule has 21 heavy (non-hydrogen) atoms. The van der Waals surface area contributed by atoms with Crippen LogP contribution in [0.15, 0.2) is 24.5 Å². The number of rotatable bonds is 2. The molecular weight excluding hydrogens is 273 g/mol. The van der Waals surface area contributed by atoms with Crippen LogP contribution in [-0.2, 0) is 16.0 Å². The fourth-order valence-electron chi connectivity index (χ4n) is 2.75. The largest absolute Gasteiger partial charge is 0.372 e. The molecule has 1 aliphatic rings. The number of nitrogens with zero attached hydrogens (tertiary/aromatic N) is 3. The second kappa shape index (κ2) is 5.44. The molecule has 1 aliphatic heterocycles. The minimum Gasteiger partial charge on any atom is -0.372 e. The third-order valence-corrected chi connectivity index (χ3v) is 3.57. The van der Waals surface area contributed by atoms with E-state index in [1.165, 1.54) is 12.3 Å². The fraction of sp³-hybridized carbons (Fsp3) is 0.467. The zero-order valence-corrected chi connectivity index (χ0v) is 12.1. The number of hydrogen-bond donors (Lipinski definition) is 0. The van der Waals surface area contributed by atoms with Crippen LogP contribution in [-0.4, -0.2) is 45.5 Å². The molecule has 1 saturated heterocycles. The van der Waals surface area contributed by atoms with Crippen LogP contribution in [0.2, 0.25) is 0 Å². The first-order chi connectivity index (χ1) is 10.0. The van der Waals surface area contributed by atoms with Gasteiger partial charge in [0.1, 0.15) is 11.5 Å². The molecular formula is C15H18FN3O2. The van der Waals surface area contributed by atoms with Crippen LogP contribution < -0.4 is 0 Å². The maximum absolute atomic E-state index is 13.1. The summed E-state index contributed by atoms with van der Waals surface area (Å²) in [6.45, 7) is 5.13. The highest BCUT2D eigenvalue weighted by Crippen LogP contribution is 2.13. The number of morpholine rings is 1. The van der Waals surface area contributed by atoms with Crippen LogP contribution in [0.25, 0.3) is 5.65 Å². The summed E-state index contributed by atoms with van der Waals surface area (Å²) in [6.07, 6.45) is 3.38. The van der Waals surface area contributed by atoms with Gasteiger partial charge in [-0.15, -0.1) is 0 Å². The summed E-state index contributed by atoms with van der Waals surface area (Å²) in [5.74, 6) is -0.297. The van der Waals surface area contributed by atoms with E-state index in [4.69, 9.17) is 4.74 Å². The molecule has 2 atom stereocenters. The van der Waals surface area contributed by atoms with Gasteiger partial charge in [0.25, 0.3) is 0 Å². The second-order valence-electron chi connectivity index (χ2n) is 5.58. The smallest absolute Gasteiger partial charge is 0.228 e. The van der Waals surface area contributed by atoms with Gasteiger partial charge >= 0.3 is 0 Å². The molecule has 6 heteroatoms. The molecule has 0 aromatic carbocycles. The summed E-state index contributed by atoms with van der Waals surface area (Å²) in [7, 11) is 0. The normalized spacial score (nSPS) is 22.7. The molecule has 0 bridgehead atoms. The predicted molar refractivity (Wildman–Crippen MR) is 75.4 cm³/mol. The average molecular weight is 291 g/mol. The Bertz CT molecular complexity index is 660. The van der Waals surface area contributed by atoms with Gasteiger partial charge in [0.05, 0.1) is 24.3 Å². The van der Waals surface area contributed by atoms with E-state index in [9.17, 15) is 9.18 Å². The molecule has 3 heterocycles. The number of fused-ring (bicyclic) bond motifs is 1. The van der Waals surface area contributed by atoms with Crippen LogP contribution >= 0.6 is 0 Å². The molecule has 112 valence electrons. The second-order valence-corrected chi connectivity index (χ2v) is 5.58. The van der Waals surface area contributed by atoms with Gasteiger partial charge in [-0.05, 0) is 26.0 Å². The van der Waals surface area contributed by atoms with Crippen molar-refractivity contribution in [2.24, 2.45) is 0 Å². The van der Waals surface area contributed by atoms with Crippen molar-refractivity contribution in [3.8, 4) is 0 Å². The highest BCUT2D eigenvalue weighted by atomic mass is 19.1. The summed E-state index contributed by atoms with van der Waals surface area (Å²) < 4.78 is 20.4. The Kier molecular flexibility index (Phi) is 3.63. The average Bonchev–Trinajstić information content (AvgIpc) is 2.78. The molecule has 3 rings (SSSR count). The Morgan fingerprint density at radius 3 is 2.76 bits per heavy atom. The van der Waals surface area contributed by atoms with E-state index >= 15 is 0 Å². The summed E-state index contributed by atoms with van der Waals surface area (Å²) in [5.41, 5.74) is 1.29. The number of carbonyl (C=O) groups is 1. The third-order valence-electron chi connectivity index (χ3n) is 3.57. The third kappa shape index (κ3) is 3.05. The fourth-order valence-corrected chi connectivity index (χ4v) is 2.75. The van der Waals surface area contributed by atoms with Crippen LogP contribution in [0, 0.1) is 5.82 Å². The first-order valence-corrected chi connectivity index (χ1v) is 7.07. The van der Waals surface area contributed by atoms with Gasteiger partial charge in [0.2, 0.25) is 5.91 Å². The number of pyridine rings is 1. The van der Waals surface area contributed by atoms with Crippen LogP contribution in [0.4, 0.5) is 4.39 Å². The van der Waals surface area contributed by atoms with Crippen LogP contribution in [0.3, 0.4) is 0 Å². The lowest BCUT2D eigenvalue weighted by Gasteiger charge is -2.35. The summed E-state index contributed by atoms with van der Waals surface area (Å²) in [4.78, 5) is 18.5. The molecule has 0 radical (unpaired) electrons. The van der Waals surface area contributed by atoms with Gasteiger partial charge in [0, 0.05) is 25.5 Å². The topological polar surface area (TPSA) is 46.8 Å². The lowest BCUT2D eigenvalue weighted by atomic mass is 10.2. The Morgan fingerprint density at radius 1 is 1.33 bits per heavy atom. The van der Waals surface area contributed by atoms with Gasteiger partial charge in [-0.3, -0.25) is 4.79 Å². The number of imidazole rings is 1. The number of halogens is 1. The molecule has 5 nitrogen and oxygen atoms in total. The van der Waals surface area contributed by atoms with Crippen molar-refractivity contribution in [1.82, 2.24) is 14.3 Å². The van der Waals surface area contributed by atoms with Crippen molar-refractivity contribution in [3.05, 3.63) is 36.0 Å². The highest BCUT2D eigenvalue weighted by molar-refractivity contribution is 5.78. The van der Waals surface area contributed by atoms with Crippen molar-refractivity contribution in [3.63, 3.8) is 0 Å². The van der Waals surface area contributed by atoms with Crippen molar-refractivity contribution in [2.75, 3.05) is 13.1 Å². The Balaban J connectivity index is 1.73. The molecule has 0 spiro atoms. The van der Waals surface area contributed by atoms with E-state index in [1.54, 1.807) is 16.7 Å². The van der Waals surface area contributed by atoms with Gasteiger partial charge in [-0.1, -0.05) is 0 Å². The number of amides is 1. The Labute approximate surface area is 122 Å². The summed E-state index contributed by atoms with van der Waals surface area (Å²) in [5, 5.41) is 0. The molecule has 0 N–H and O–H groups in total. The van der Waals surface area contributed by atoms with E-state index in [-0.39, 0.29) is 30.4 Å². The predicted octanol–water partition coefficient (Wildman–Crippen LogP) is 1.65. The number of ether oxygens (including phenoxy) is 1. The van der Waals surface area contributed by atoms with E-state index in [1.807, 2.05) is 18.7 Å². The zero-order chi connectivity index (χ0) is 15.0. The Morgan fingerprint density at radius 2 is 2.05 bits per heavy atom. The molecule has 2 aromatic rings. The van der Waals surface area contributed by atoms with Gasteiger partial charge in [-0.25, -0.2) is 9.37 Å². The molecule has 0 aliphatic carbocycles. The number of hydrogen-bond acceptors (Lipinski definition) is 3. The van der Waals surface area contributed by atoms with Crippen molar-refractivity contribution in [2.45, 2.75) is 32.5 Å². The summed E-state index contributed by atoms with van der Waals surface area (Å²) >= 11 is 0. The van der Waals surface area contributed by atoms with Gasteiger partial charge < -0.3 is 14.0 Å². The standard InChI is InChI=1S/C15H18FN3O2/c1-10-6-19(7-11(2)21-10)15(20)5-13-9-18-8-12(16)3-4-14(18)17-13/h3-4,8-11H,5-7H2,1-2H3. The summed E-state index contributed by atoms with van der Waals surface area (Å²) in [6, 6.07) is 2.96. The number of carbonyl (C=O) groups excluding carboxylic acids is 1. The first-order valence-electron chi connectivity index (χ1n) is 7.07. The van der Waals surface area contributed by atoms with Crippen molar-refractivity contribution >= 4 is 11.6 Å². The van der Waals surface area contributed by atoms with E-state index < -0.39 is 0 Å². The first kappa shape index (κ1) is 14.0. The lowest BCUT2D eigenvalue weighted by molar-refractivity contribution is -0.142. The van der Waals surface area contributed by atoms with Gasteiger partial charge in [0.15, 0.2) is 0 Å². The SMILES string of the molecule is CC1CN(C(=O)Cc2cn3cc(F)ccc3n2)CC(C)O1.